The zero-order chi connectivity index (χ0) is 23.1. The third-order valence-electron chi connectivity index (χ3n) is 6.51. The Hall–Kier alpha value is -3.52. The molecule has 1 saturated heterocycles. The van der Waals surface area contributed by atoms with E-state index in [9.17, 15) is 4.79 Å². The maximum Gasteiger partial charge on any atom is 0.253 e. The van der Waals surface area contributed by atoms with Gasteiger partial charge in [0, 0.05) is 62.8 Å². The molecule has 1 aliphatic rings. The first-order valence-corrected chi connectivity index (χ1v) is 11.3. The summed E-state index contributed by atoms with van der Waals surface area (Å²) in [4.78, 5) is 31.3. The Morgan fingerprint density at radius 2 is 1.82 bits per heavy atom. The molecule has 5 rings (SSSR count). The highest BCUT2D eigenvalue weighted by Gasteiger charge is 2.23. The average Bonchev–Trinajstić information content (AvgIpc) is 3.21. The summed E-state index contributed by atoms with van der Waals surface area (Å²) in [6.45, 7) is 7.92. The number of piperazine rings is 1. The van der Waals surface area contributed by atoms with Gasteiger partial charge in [-0.1, -0.05) is 6.07 Å². The van der Waals surface area contributed by atoms with Gasteiger partial charge in [-0.15, -0.1) is 0 Å². The van der Waals surface area contributed by atoms with E-state index in [2.05, 4.69) is 39.4 Å². The first-order valence-electron chi connectivity index (χ1n) is 11.3. The highest BCUT2D eigenvalue weighted by molar-refractivity contribution is 5.82. The Labute approximate surface area is 193 Å². The summed E-state index contributed by atoms with van der Waals surface area (Å²) in [5.41, 5.74) is 4.39. The molecule has 5 heterocycles. The van der Waals surface area contributed by atoms with Crippen molar-refractivity contribution in [3.63, 3.8) is 0 Å². The van der Waals surface area contributed by atoms with Crippen LogP contribution >= 0.6 is 0 Å². The summed E-state index contributed by atoms with van der Waals surface area (Å²) >= 11 is 0. The number of pyridine rings is 3. The van der Waals surface area contributed by atoms with Crippen LogP contribution in [0.3, 0.4) is 0 Å². The van der Waals surface area contributed by atoms with Crippen LogP contribution in [0.4, 0.5) is 5.82 Å². The quantitative estimate of drug-likeness (QED) is 0.483. The summed E-state index contributed by atoms with van der Waals surface area (Å²) in [7, 11) is 3.93. The first-order chi connectivity index (χ1) is 15.9. The van der Waals surface area contributed by atoms with Crippen molar-refractivity contribution in [1.82, 2.24) is 29.0 Å². The maximum absolute atomic E-state index is 12.3. The fourth-order valence-corrected chi connectivity index (χ4v) is 4.55. The average molecular weight is 444 g/mol. The molecule has 1 aliphatic heterocycles. The highest BCUT2D eigenvalue weighted by Crippen LogP contribution is 2.32. The third kappa shape index (κ3) is 3.91. The zero-order valence-electron chi connectivity index (χ0n) is 19.6. The summed E-state index contributed by atoms with van der Waals surface area (Å²) in [6.07, 6.45) is 5.54. The van der Waals surface area contributed by atoms with Crippen LogP contribution in [0.25, 0.3) is 22.4 Å². The Morgan fingerprint density at radius 1 is 1.03 bits per heavy atom. The zero-order valence-corrected chi connectivity index (χ0v) is 19.6. The van der Waals surface area contributed by atoms with Crippen LogP contribution < -0.4 is 10.5 Å². The van der Waals surface area contributed by atoms with Crippen molar-refractivity contribution in [2.24, 2.45) is 7.05 Å². The van der Waals surface area contributed by atoms with Crippen LogP contribution in [0, 0.1) is 6.92 Å². The fraction of sp³-hybridized carbons (Fsp3) is 0.360. The monoisotopic (exact) mass is 443 g/mol. The molecule has 0 N–H and O–H groups in total. The largest absolute Gasteiger partial charge is 0.354 e. The lowest BCUT2D eigenvalue weighted by atomic mass is 10.1. The standard InChI is InChI=1S/C25H29N7O/c1-17-13-19(16-30(4)25(17)33)24-28-21-15-27-23(31-11-9-29(3)10-12-31)14-22(21)32(24)18(2)20-7-5-6-8-26-20/h5-8,13-16,18H,9-12H2,1-4H3. The van der Waals surface area contributed by atoms with Crippen molar-refractivity contribution >= 4 is 16.9 Å². The molecular weight excluding hydrogens is 414 g/mol. The van der Waals surface area contributed by atoms with E-state index in [1.165, 1.54) is 0 Å². The van der Waals surface area contributed by atoms with Gasteiger partial charge in [0.05, 0.1) is 23.4 Å². The molecule has 170 valence electrons. The number of likely N-dealkylation sites (N-methyl/N-ethyl adjacent to an activating group) is 1. The van der Waals surface area contributed by atoms with Gasteiger partial charge in [0.15, 0.2) is 0 Å². The molecule has 0 amide bonds. The van der Waals surface area contributed by atoms with Crippen LogP contribution in [0.15, 0.2) is 53.7 Å². The Bertz CT molecular complexity index is 1320. The molecule has 0 aromatic carbocycles. The van der Waals surface area contributed by atoms with Gasteiger partial charge in [0.25, 0.3) is 5.56 Å². The van der Waals surface area contributed by atoms with E-state index in [-0.39, 0.29) is 11.6 Å². The first kappa shape index (κ1) is 21.3. The minimum Gasteiger partial charge on any atom is -0.354 e. The maximum atomic E-state index is 12.3. The van der Waals surface area contributed by atoms with Gasteiger partial charge in [-0.3, -0.25) is 9.78 Å². The number of hydrogen-bond acceptors (Lipinski definition) is 6. The smallest absolute Gasteiger partial charge is 0.253 e. The number of rotatable bonds is 4. The number of imidazole rings is 1. The molecule has 0 spiro atoms. The number of fused-ring (bicyclic) bond motifs is 1. The van der Waals surface area contributed by atoms with Crippen LogP contribution in [0.2, 0.25) is 0 Å². The molecule has 0 aliphatic carbocycles. The van der Waals surface area contributed by atoms with E-state index >= 15 is 0 Å². The number of nitrogens with zero attached hydrogens (tertiary/aromatic N) is 7. The molecule has 0 radical (unpaired) electrons. The lowest BCUT2D eigenvalue weighted by Crippen LogP contribution is -2.44. The molecule has 1 unspecified atom stereocenters. The van der Waals surface area contributed by atoms with Gasteiger partial charge in [0.2, 0.25) is 0 Å². The minimum absolute atomic E-state index is 0.00166. The number of aromatic nitrogens is 5. The normalized spacial score (nSPS) is 15.8. The Morgan fingerprint density at radius 3 is 2.52 bits per heavy atom. The lowest BCUT2D eigenvalue weighted by Gasteiger charge is -2.33. The predicted octanol–water partition coefficient (Wildman–Crippen LogP) is 2.86. The van der Waals surface area contributed by atoms with Crippen LogP contribution in [-0.4, -0.2) is 62.2 Å². The van der Waals surface area contributed by atoms with Gasteiger partial charge in [-0.2, -0.15) is 0 Å². The Kier molecular flexibility index (Phi) is 5.46. The van der Waals surface area contributed by atoms with Crippen molar-refractivity contribution in [2.45, 2.75) is 19.9 Å². The van der Waals surface area contributed by atoms with E-state index < -0.39 is 0 Å². The fourth-order valence-electron chi connectivity index (χ4n) is 4.55. The minimum atomic E-state index is -0.0496. The second-order valence-electron chi connectivity index (χ2n) is 8.89. The number of aryl methyl sites for hydroxylation is 2. The van der Waals surface area contributed by atoms with Crippen molar-refractivity contribution in [1.29, 1.82) is 0 Å². The molecule has 0 saturated carbocycles. The van der Waals surface area contributed by atoms with Crippen molar-refractivity contribution in [3.8, 4) is 11.4 Å². The Balaban J connectivity index is 1.70. The molecule has 0 bridgehead atoms. The van der Waals surface area contributed by atoms with E-state index in [1.54, 1.807) is 11.6 Å². The molecule has 1 fully saturated rings. The van der Waals surface area contributed by atoms with Gasteiger partial charge in [-0.25, -0.2) is 9.97 Å². The van der Waals surface area contributed by atoms with Crippen molar-refractivity contribution in [3.05, 3.63) is 70.5 Å². The van der Waals surface area contributed by atoms with Crippen LogP contribution in [-0.2, 0) is 7.05 Å². The SMILES string of the molecule is Cc1cc(-c2nc3cnc(N4CCN(C)CC4)cc3n2C(C)c2ccccn2)cn(C)c1=O. The second-order valence-corrected chi connectivity index (χ2v) is 8.89. The summed E-state index contributed by atoms with van der Waals surface area (Å²) < 4.78 is 3.84. The van der Waals surface area contributed by atoms with Gasteiger partial charge in [-0.05, 0) is 39.1 Å². The molecule has 4 aromatic heterocycles. The highest BCUT2D eigenvalue weighted by atomic mass is 16.1. The van der Waals surface area contributed by atoms with Crippen LogP contribution in [0.5, 0.6) is 0 Å². The van der Waals surface area contributed by atoms with Crippen LogP contribution in [0.1, 0.15) is 24.2 Å². The molecule has 1 atom stereocenters. The van der Waals surface area contributed by atoms with Gasteiger partial charge < -0.3 is 18.9 Å². The topological polar surface area (TPSA) is 72.1 Å². The predicted molar refractivity (Wildman–Crippen MR) is 131 cm³/mol. The molecular formula is C25H29N7O. The molecule has 33 heavy (non-hydrogen) atoms. The summed E-state index contributed by atoms with van der Waals surface area (Å²) in [6, 6.07) is 9.98. The van der Waals surface area contributed by atoms with E-state index in [0.717, 1.165) is 60.1 Å². The summed E-state index contributed by atoms with van der Waals surface area (Å²) in [5, 5.41) is 0. The molecule has 8 nitrogen and oxygen atoms in total. The van der Waals surface area contributed by atoms with E-state index in [1.807, 2.05) is 49.8 Å². The van der Waals surface area contributed by atoms with E-state index in [0.29, 0.717) is 5.56 Å². The van der Waals surface area contributed by atoms with E-state index in [4.69, 9.17) is 9.97 Å². The third-order valence-corrected chi connectivity index (χ3v) is 6.51. The number of hydrogen-bond donors (Lipinski definition) is 0. The van der Waals surface area contributed by atoms with Gasteiger partial charge in [0.1, 0.15) is 17.2 Å². The van der Waals surface area contributed by atoms with Crippen molar-refractivity contribution < 1.29 is 0 Å². The lowest BCUT2D eigenvalue weighted by molar-refractivity contribution is 0.312. The van der Waals surface area contributed by atoms with Crippen molar-refractivity contribution in [2.75, 3.05) is 38.1 Å². The van der Waals surface area contributed by atoms with Gasteiger partial charge >= 0.3 is 0 Å². The summed E-state index contributed by atoms with van der Waals surface area (Å²) in [5.74, 6) is 1.77. The number of anilines is 1. The molecule has 8 heteroatoms. The second kappa shape index (κ2) is 8.44. The molecule has 4 aromatic rings.